The van der Waals surface area contributed by atoms with E-state index < -0.39 is 0 Å². The van der Waals surface area contributed by atoms with Crippen LogP contribution in [0.3, 0.4) is 0 Å². The average Bonchev–Trinajstić information content (AvgIpc) is 2.49. The summed E-state index contributed by atoms with van der Waals surface area (Å²) in [5, 5.41) is 3.19. The molecule has 3 aromatic rings. The van der Waals surface area contributed by atoms with Crippen LogP contribution in [0.25, 0.3) is 11.3 Å². The van der Waals surface area contributed by atoms with Crippen LogP contribution < -0.4 is 5.32 Å². The average molecular weight is 326 g/mol. The fraction of sp³-hybridized carbons (Fsp3) is 0. The van der Waals surface area contributed by atoms with Crippen molar-refractivity contribution in [1.29, 1.82) is 0 Å². The molecule has 0 aliphatic carbocycles. The molecule has 1 heterocycles. The molecule has 0 amide bonds. The summed E-state index contributed by atoms with van der Waals surface area (Å²) in [6, 6.07) is 19.8. The van der Waals surface area contributed by atoms with Gasteiger partial charge in [0.15, 0.2) is 0 Å². The Bertz CT molecular complexity index is 696. The number of nitrogens with one attached hydrogen (secondary N) is 1. The summed E-state index contributed by atoms with van der Waals surface area (Å²) in [4.78, 5) is 8.78. The maximum absolute atomic E-state index is 4.53. The minimum Gasteiger partial charge on any atom is -0.324 e. The third-order valence-corrected chi connectivity index (χ3v) is 3.35. The minimum atomic E-state index is 0.594. The van der Waals surface area contributed by atoms with Crippen molar-refractivity contribution in [2.75, 3.05) is 5.32 Å². The van der Waals surface area contributed by atoms with Crippen LogP contribution in [0.15, 0.2) is 71.3 Å². The Kier molecular flexibility index (Phi) is 3.74. The smallest absolute Gasteiger partial charge is 0.227 e. The van der Waals surface area contributed by atoms with Crippen LogP contribution in [0.1, 0.15) is 0 Å². The van der Waals surface area contributed by atoms with Crippen LogP contribution in [0.4, 0.5) is 11.6 Å². The van der Waals surface area contributed by atoms with Gasteiger partial charge in [0.25, 0.3) is 0 Å². The van der Waals surface area contributed by atoms with Crippen LogP contribution in [-0.4, -0.2) is 9.97 Å². The van der Waals surface area contributed by atoms with Gasteiger partial charge in [-0.25, -0.2) is 9.97 Å². The summed E-state index contributed by atoms with van der Waals surface area (Å²) in [5.41, 5.74) is 2.93. The Balaban J connectivity index is 1.88. The molecule has 2 aromatic carbocycles. The molecule has 0 spiro atoms. The summed E-state index contributed by atoms with van der Waals surface area (Å²) >= 11 is 3.43. The molecular weight excluding hydrogens is 314 g/mol. The van der Waals surface area contributed by atoms with Crippen molar-refractivity contribution in [2.24, 2.45) is 0 Å². The lowest BCUT2D eigenvalue weighted by atomic mass is 10.1. The van der Waals surface area contributed by atoms with E-state index in [1.54, 1.807) is 6.20 Å². The van der Waals surface area contributed by atoms with E-state index in [-0.39, 0.29) is 0 Å². The highest BCUT2D eigenvalue weighted by atomic mass is 79.9. The van der Waals surface area contributed by atoms with E-state index in [2.05, 4.69) is 31.2 Å². The third-order valence-electron chi connectivity index (χ3n) is 2.83. The van der Waals surface area contributed by atoms with E-state index >= 15 is 0 Å². The molecule has 0 saturated heterocycles. The lowest BCUT2D eigenvalue weighted by Gasteiger charge is -2.06. The summed E-state index contributed by atoms with van der Waals surface area (Å²) in [6.07, 6.45) is 1.76. The Morgan fingerprint density at radius 1 is 0.850 bits per heavy atom. The molecule has 0 unspecified atom stereocenters. The van der Waals surface area contributed by atoms with Crippen molar-refractivity contribution >= 4 is 27.6 Å². The molecule has 0 aliphatic heterocycles. The van der Waals surface area contributed by atoms with Crippen molar-refractivity contribution in [3.05, 3.63) is 71.3 Å². The number of halogens is 1. The monoisotopic (exact) mass is 325 g/mol. The lowest BCUT2D eigenvalue weighted by Crippen LogP contribution is -1.97. The van der Waals surface area contributed by atoms with Crippen molar-refractivity contribution in [1.82, 2.24) is 9.97 Å². The summed E-state index contributed by atoms with van der Waals surface area (Å²) in [7, 11) is 0. The first-order valence-corrected chi connectivity index (χ1v) is 7.02. The normalized spacial score (nSPS) is 10.2. The zero-order chi connectivity index (χ0) is 13.8. The van der Waals surface area contributed by atoms with Gasteiger partial charge in [-0.1, -0.05) is 46.3 Å². The van der Waals surface area contributed by atoms with E-state index in [1.807, 2.05) is 60.7 Å². The van der Waals surface area contributed by atoms with E-state index in [9.17, 15) is 0 Å². The van der Waals surface area contributed by atoms with Gasteiger partial charge >= 0.3 is 0 Å². The molecule has 0 radical (unpaired) electrons. The number of nitrogens with zero attached hydrogens (tertiary/aromatic N) is 2. The Labute approximate surface area is 125 Å². The molecule has 4 heteroatoms. The zero-order valence-corrected chi connectivity index (χ0v) is 12.2. The molecule has 1 N–H and O–H groups in total. The van der Waals surface area contributed by atoms with Crippen LogP contribution in [0.2, 0.25) is 0 Å². The molecule has 0 bridgehead atoms. The first-order valence-electron chi connectivity index (χ1n) is 6.22. The second-order valence-electron chi connectivity index (χ2n) is 4.26. The summed E-state index contributed by atoms with van der Waals surface area (Å²) in [5.74, 6) is 0.594. The van der Waals surface area contributed by atoms with Gasteiger partial charge < -0.3 is 5.32 Å². The first kappa shape index (κ1) is 12.8. The van der Waals surface area contributed by atoms with E-state index in [1.165, 1.54) is 0 Å². The molecular formula is C16H12BrN3. The van der Waals surface area contributed by atoms with E-state index in [0.717, 1.165) is 21.4 Å². The zero-order valence-electron chi connectivity index (χ0n) is 10.6. The fourth-order valence-electron chi connectivity index (χ4n) is 1.85. The van der Waals surface area contributed by atoms with Gasteiger partial charge in [0.1, 0.15) is 0 Å². The van der Waals surface area contributed by atoms with Crippen LogP contribution in [0.5, 0.6) is 0 Å². The molecule has 20 heavy (non-hydrogen) atoms. The van der Waals surface area contributed by atoms with Crippen molar-refractivity contribution in [3.63, 3.8) is 0 Å². The first-order chi connectivity index (χ1) is 9.81. The lowest BCUT2D eigenvalue weighted by molar-refractivity contribution is 1.17. The second kappa shape index (κ2) is 5.84. The molecule has 3 nitrogen and oxygen atoms in total. The van der Waals surface area contributed by atoms with Gasteiger partial charge in [-0.05, 0) is 30.3 Å². The number of hydrogen-bond acceptors (Lipinski definition) is 3. The number of para-hydroxylation sites is 1. The van der Waals surface area contributed by atoms with Crippen LogP contribution in [0, 0.1) is 0 Å². The topological polar surface area (TPSA) is 37.8 Å². The Hall–Kier alpha value is -2.20. The van der Waals surface area contributed by atoms with E-state index in [4.69, 9.17) is 0 Å². The number of rotatable bonds is 3. The van der Waals surface area contributed by atoms with Gasteiger partial charge in [-0.2, -0.15) is 0 Å². The molecule has 98 valence electrons. The standard InChI is InChI=1S/C16H12BrN3/c17-13-8-6-12(7-9-13)15-10-11-18-16(20-15)19-14-4-2-1-3-5-14/h1-11H,(H,18,19,20). The number of anilines is 2. The summed E-state index contributed by atoms with van der Waals surface area (Å²) in [6.45, 7) is 0. The van der Waals surface area contributed by atoms with Gasteiger partial charge in [-0.3, -0.25) is 0 Å². The van der Waals surface area contributed by atoms with E-state index in [0.29, 0.717) is 5.95 Å². The largest absolute Gasteiger partial charge is 0.324 e. The molecule has 0 saturated carbocycles. The van der Waals surface area contributed by atoms with Crippen LogP contribution in [-0.2, 0) is 0 Å². The highest BCUT2D eigenvalue weighted by molar-refractivity contribution is 9.10. The quantitative estimate of drug-likeness (QED) is 0.761. The highest BCUT2D eigenvalue weighted by Crippen LogP contribution is 2.21. The Morgan fingerprint density at radius 2 is 1.60 bits per heavy atom. The fourth-order valence-corrected chi connectivity index (χ4v) is 2.12. The number of benzene rings is 2. The van der Waals surface area contributed by atoms with Crippen molar-refractivity contribution in [3.8, 4) is 11.3 Å². The summed E-state index contributed by atoms with van der Waals surface area (Å²) < 4.78 is 1.05. The van der Waals surface area contributed by atoms with Crippen molar-refractivity contribution < 1.29 is 0 Å². The molecule has 0 aliphatic rings. The predicted octanol–water partition coefficient (Wildman–Crippen LogP) is 4.65. The maximum Gasteiger partial charge on any atom is 0.227 e. The predicted molar refractivity (Wildman–Crippen MR) is 84.9 cm³/mol. The molecule has 1 aromatic heterocycles. The maximum atomic E-state index is 4.53. The van der Waals surface area contributed by atoms with Crippen molar-refractivity contribution in [2.45, 2.75) is 0 Å². The van der Waals surface area contributed by atoms with Gasteiger partial charge in [-0.15, -0.1) is 0 Å². The SMILES string of the molecule is Brc1ccc(-c2ccnc(Nc3ccccc3)n2)cc1. The third kappa shape index (κ3) is 3.03. The molecule has 3 rings (SSSR count). The van der Waals surface area contributed by atoms with Gasteiger partial charge in [0.2, 0.25) is 5.95 Å². The van der Waals surface area contributed by atoms with Gasteiger partial charge in [0.05, 0.1) is 5.69 Å². The van der Waals surface area contributed by atoms with Gasteiger partial charge in [0, 0.05) is 21.9 Å². The van der Waals surface area contributed by atoms with Crippen LogP contribution >= 0.6 is 15.9 Å². The molecule has 0 atom stereocenters. The minimum absolute atomic E-state index is 0.594. The molecule has 0 fully saturated rings. The number of aromatic nitrogens is 2. The second-order valence-corrected chi connectivity index (χ2v) is 5.18. The Morgan fingerprint density at radius 3 is 2.35 bits per heavy atom. The number of hydrogen-bond donors (Lipinski definition) is 1. The highest BCUT2D eigenvalue weighted by Gasteiger charge is 2.02.